The second-order valence-electron chi connectivity index (χ2n) is 6.94. The number of hydrogen-bond donors (Lipinski definition) is 1. The summed E-state index contributed by atoms with van der Waals surface area (Å²) in [6.07, 6.45) is 5.73. The summed E-state index contributed by atoms with van der Waals surface area (Å²) in [5, 5.41) is 0. The number of hydrogen-bond acceptors (Lipinski definition) is 2. The minimum absolute atomic E-state index is 0.220. The zero-order valence-corrected chi connectivity index (χ0v) is 13.7. The Bertz CT molecular complexity index is 429. The van der Waals surface area contributed by atoms with Crippen LogP contribution < -0.4 is 5.73 Å². The fourth-order valence-electron chi connectivity index (χ4n) is 3.51. The Balaban J connectivity index is 2.01. The Hall–Kier alpha value is -0.800. The van der Waals surface area contributed by atoms with Crippen LogP contribution in [0.2, 0.25) is 0 Å². The van der Waals surface area contributed by atoms with Crippen LogP contribution in [0.1, 0.15) is 57.8 Å². The van der Waals surface area contributed by atoms with Gasteiger partial charge in [-0.2, -0.15) is 0 Å². The standard InChI is InChI=1S/C17H31N3/c1-5-19(6-2)9-7-10-20-11-8-14-15(18)12-17(3,4)13-16(14)20/h8,11,15H,5-7,9-10,12-13,18H2,1-4H3. The van der Waals surface area contributed by atoms with E-state index in [1.165, 1.54) is 24.2 Å². The van der Waals surface area contributed by atoms with Gasteiger partial charge in [0.25, 0.3) is 0 Å². The van der Waals surface area contributed by atoms with Crippen molar-refractivity contribution >= 4 is 0 Å². The molecule has 0 amide bonds. The van der Waals surface area contributed by atoms with Gasteiger partial charge in [0.1, 0.15) is 0 Å². The summed E-state index contributed by atoms with van der Waals surface area (Å²) < 4.78 is 2.44. The first-order valence-electron chi connectivity index (χ1n) is 8.12. The van der Waals surface area contributed by atoms with Crippen LogP contribution in [0.3, 0.4) is 0 Å². The number of rotatable bonds is 6. The molecular formula is C17H31N3. The molecule has 0 fully saturated rings. The third-order valence-electron chi connectivity index (χ3n) is 4.70. The van der Waals surface area contributed by atoms with Crippen LogP contribution in [0.5, 0.6) is 0 Å². The van der Waals surface area contributed by atoms with E-state index in [4.69, 9.17) is 5.73 Å². The van der Waals surface area contributed by atoms with Gasteiger partial charge in [-0.15, -0.1) is 0 Å². The summed E-state index contributed by atoms with van der Waals surface area (Å²) in [5.74, 6) is 0. The van der Waals surface area contributed by atoms with Crippen LogP contribution in [0, 0.1) is 5.41 Å². The first-order chi connectivity index (χ1) is 9.46. The van der Waals surface area contributed by atoms with Crippen molar-refractivity contribution in [2.75, 3.05) is 19.6 Å². The summed E-state index contributed by atoms with van der Waals surface area (Å²) in [6.45, 7) is 13.8. The Morgan fingerprint density at radius 3 is 2.70 bits per heavy atom. The van der Waals surface area contributed by atoms with Gasteiger partial charge in [-0.25, -0.2) is 0 Å². The van der Waals surface area contributed by atoms with Crippen molar-refractivity contribution in [3.63, 3.8) is 0 Å². The highest BCUT2D eigenvalue weighted by molar-refractivity contribution is 5.30. The predicted molar refractivity (Wildman–Crippen MR) is 85.9 cm³/mol. The lowest BCUT2D eigenvalue weighted by Gasteiger charge is -2.34. The van der Waals surface area contributed by atoms with Gasteiger partial charge in [0.2, 0.25) is 0 Å². The fourth-order valence-corrected chi connectivity index (χ4v) is 3.51. The molecule has 1 aliphatic carbocycles. The topological polar surface area (TPSA) is 34.2 Å². The van der Waals surface area contributed by atoms with Gasteiger partial charge in [-0.05, 0) is 55.9 Å². The number of nitrogens with two attached hydrogens (primary N) is 1. The van der Waals surface area contributed by atoms with Crippen LogP contribution in [-0.2, 0) is 13.0 Å². The Kier molecular flexibility index (Phi) is 4.92. The van der Waals surface area contributed by atoms with E-state index in [-0.39, 0.29) is 6.04 Å². The van der Waals surface area contributed by atoms with Gasteiger partial charge in [-0.1, -0.05) is 27.7 Å². The van der Waals surface area contributed by atoms with Crippen LogP contribution in [0.25, 0.3) is 0 Å². The maximum atomic E-state index is 6.33. The molecule has 1 aromatic heterocycles. The van der Waals surface area contributed by atoms with Gasteiger partial charge in [-0.3, -0.25) is 0 Å². The van der Waals surface area contributed by atoms with Crippen LogP contribution >= 0.6 is 0 Å². The molecular weight excluding hydrogens is 246 g/mol. The second kappa shape index (κ2) is 6.31. The highest BCUT2D eigenvalue weighted by Gasteiger charge is 2.32. The molecule has 2 N–H and O–H groups in total. The lowest BCUT2D eigenvalue weighted by molar-refractivity contribution is 0.270. The van der Waals surface area contributed by atoms with Crippen molar-refractivity contribution in [1.29, 1.82) is 0 Å². The molecule has 0 radical (unpaired) electrons. The van der Waals surface area contributed by atoms with Crippen molar-refractivity contribution in [2.45, 2.75) is 59.5 Å². The van der Waals surface area contributed by atoms with Gasteiger partial charge in [0.15, 0.2) is 0 Å². The zero-order chi connectivity index (χ0) is 14.8. The number of fused-ring (bicyclic) bond motifs is 1. The van der Waals surface area contributed by atoms with E-state index in [0.717, 1.165) is 32.5 Å². The molecule has 1 aromatic rings. The van der Waals surface area contributed by atoms with E-state index in [2.05, 4.69) is 49.4 Å². The van der Waals surface area contributed by atoms with Crippen LogP contribution in [0.15, 0.2) is 12.3 Å². The molecule has 1 heterocycles. The number of aryl methyl sites for hydroxylation is 1. The normalized spacial score (nSPS) is 21.2. The van der Waals surface area contributed by atoms with E-state index in [1.54, 1.807) is 0 Å². The number of nitrogens with zero attached hydrogens (tertiary/aromatic N) is 2. The summed E-state index contributed by atoms with van der Waals surface area (Å²) in [6, 6.07) is 2.46. The summed E-state index contributed by atoms with van der Waals surface area (Å²) in [4.78, 5) is 2.49. The lowest BCUT2D eigenvalue weighted by Crippen LogP contribution is -2.30. The molecule has 0 saturated carbocycles. The summed E-state index contributed by atoms with van der Waals surface area (Å²) in [5.41, 5.74) is 9.53. The van der Waals surface area contributed by atoms with Gasteiger partial charge >= 0.3 is 0 Å². The maximum Gasteiger partial charge on any atom is 0.0318 e. The average Bonchev–Trinajstić information content (AvgIpc) is 2.76. The SMILES string of the molecule is CCN(CC)CCCn1ccc2c1CC(C)(C)CC2N. The minimum atomic E-state index is 0.220. The molecule has 0 saturated heterocycles. The number of aromatic nitrogens is 1. The van der Waals surface area contributed by atoms with Gasteiger partial charge in [0, 0.05) is 24.5 Å². The molecule has 0 aliphatic heterocycles. The second-order valence-corrected chi connectivity index (χ2v) is 6.94. The van der Waals surface area contributed by atoms with E-state index in [0.29, 0.717) is 5.41 Å². The third kappa shape index (κ3) is 3.44. The third-order valence-corrected chi connectivity index (χ3v) is 4.70. The molecule has 0 aromatic carbocycles. The molecule has 1 atom stereocenters. The summed E-state index contributed by atoms with van der Waals surface area (Å²) >= 11 is 0. The molecule has 1 unspecified atom stereocenters. The smallest absolute Gasteiger partial charge is 0.0318 e. The summed E-state index contributed by atoms with van der Waals surface area (Å²) in [7, 11) is 0. The molecule has 2 rings (SSSR count). The monoisotopic (exact) mass is 277 g/mol. The Labute approximate surface area is 124 Å². The molecule has 20 heavy (non-hydrogen) atoms. The Morgan fingerprint density at radius 1 is 1.35 bits per heavy atom. The molecule has 114 valence electrons. The van der Waals surface area contributed by atoms with Crippen molar-refractivity contribution in [3.8, 4) is 0 Å². The van der Waals surface area contributed by atoms with Gasteiger partial charge in [0.05, 0.1) is 0 Å². The first-order valence-corrected chi connectivity index (χ1v) is 8.12. The van der Waals surface area contributed by atoms with Crippen molar-refractivity contribution in [2.24, 2.45) is 11.1 Å². The molecule has 0 bridgehead atoms. The van der Waals surface area contributed by atoms with Gasteiger partial charge < -0.3 is 15.2 Å². The van der Waals surface area contributed by atoms with Crippen LogP contribution in [0.4, 0.5) is 0 Å². The van der Waals surface area contributed by atoms with Crippen molar-refractivity contribution < 1.29 is 0 Å². The molecule has 0 spiro atoms. The minimum Gasteiger partial charge on any atom is -0.351 e. The lowest BCUT2D eigenvalue weighted by atomic mass is 9.74. The maximum absolute atomic E-state index is 6.33. The zero-order valence-electron chi connectivity index (χ0n) is 13.7. The highest BCUT2D eigenvalue weighted by Crippen LogP contribution is 2.39. The van der Waals surface area contributed by atoms with Crippen molar-refractivity contribution in [3.05, 3.63) is 23.5 Å². The predicted octanol–water partition coefficient (Wildman–Crippen LogP) is 3.19. The van der Waals surface area contributed by atoms with E-state index >= 15 is 0 Å². The fraction of sp³-hybridized carbons (Fsp3) is 0.765. The molecule has 1 aliphatic rings. The van der Waals surface area contributed by atoms with E-state index in [9.17, 15) is 0 Å². The largest absolute Gasteiger partial charge is 0.351 e. The van der Waals surface area contributed by atoms with Crippen LogP contribution in [-0.4, -0.2) is 29.1 Å². The quantitative estimate of drug-likeness (QED) is 0.866. The Morgan fingerprint density at radius 2 is 2.05 bits per heavy atom. The van der Waals surface area contributed by atoms with Crippen molar-refractivity contribution in [1.82, 2.24) is 9.47 Å². The molecule has 3 heteroatoms. The first kappa shape index (κ1) is 15.6. The highest BCUT2D eigenvalue weighted by atomic mass is 15.1. The average molecular weight is 277 g/mol. The molecule has 3 nitrogen and oxygen atoms in total. The van der Waals surface area contributed by atoms with E-state index in [1.807, 2.05) is 0 Å². The van der Waals surface area contributed by atoms with E-state index < -0.39 is 0 Å².